The Morgan fingerprint density at radius 1 is 1.08 bits per heavy atom. The largest absolute Gasteiger partial charge is 0.481 e. The lowest BCUT2D eigenvalue weighted by molar-refractivity contribution is -0.144. The quantitative estimate of drug-likeness (QED) is 0.482. The highest BCUT2D eigenvalue weighted by molar-refractivity contribution is 5.84. The van der Waals surface area contributed by atoms with Crippen LogP contribution in [0.3, 0.4) is 0 Å². The first-order valence-electron chi connectivity index (χ1n) is 9.91. The molecular weight excluding hydrogens is 330 g/mol. The highest BCUT2D eigenvalue weighted by atomic mass is 16.4. The zero-order valence-electron chi connectivity index (χ0n) is 17.5. The smallest absolute Gasteiger partial charge is 0.311 e. The van der Waals surface area contributed by atoms with Crippen molar-refractivity contribution in [1.29, 1.82) is 0 Å². The van der Waals surface area contributed by atoms with Crippen molar-refractivity contribution >= 4 is 11.9 Å². The topological polar surface area (TPSA) is 77.8 Å². The first-order valence-corrected chi connectivity index (χ1v) is 9.91. The van der Waals surface area contributed by atoms with Crippen LogP contribution in [0.15, 0.2) is 11.6 Å². The van der Waals surface area contributed by atoms with Gasteiger partial charge in [0, 0.05) is 19.5 Å². The Kier molecular flexibility index (Phi) is 12.2. The Hall–Kier alpha value is -1.36. The van der Waals surface area contributed by atoms with Crippen LogP contribution < -0.4 is 0 Å². The zero-order valence-corrected chi connectivity index (χ0v) is 17.5. The molecule has 26 heavy (non-hydrogen) atoms. The first kappa shape index (κ1) is 24.6. The molecule has 0 aromatic carbocycles. The number of aliphatic hydroxyl groups excluding tert-OH is 1. The molecule has 0 saturated heterocycles. The van der Waals surface area contributed by atoms with E-state index >= 15 is 0 Å². The van der Waals surface area contributed by atoms with Gasteiger partial charge in [-0.15, -0.1) is 0 Å². The highest BCUT2D eigenvalue weighted by Crippen LogP contribution is 2.24. The lowest BCUT2D eigenvalue weighted by Gasteiger charge is -2.24. The molecule has 0 aromatic rings. The number of carboxylic acids is 1. The predicted octanol–water partition coefficient (Wildman–Crippen LogP) is 3.96. The third-order valence-corrected chi connectivity index (χ3v) is 4.64. The van der Waals surface area contributed by atoms with E-state index in [0.717, 1.165) is 24.8 Å². The minimum Gasteiger partial charge on any atom is -0.481 e. The molecule has 0 aliphatic carbocycles. The van der Waals surface area contributed by atoms with Gasteiger partial charge in [0.25, 0.3) is 0 Å². The van der Waals surface area contributed by atoms with E-state index in [1.165, 1.54) is 0 Å². The number of aliphatic hydroxyl groups is 1. The van der Waals surface area contributed by atoms with Gasteiger partial charge in [0.2, 0.25) is 5.91 Å². The van der Waals surface area contributed by atoms with E-state index < -0.39 is 11.9 Å². The van der Waals surface area contributed by atoms with Crippen LogP contribution in [-0.2, 0) is 9.59 Å². The maximum Gasteiger partial charge on any atom is 0.311 e. The number of hydrogen-bond acceptors (Lipinski definition) is 3. The Labute approximate surface area is 159 Å². The van der Waals surface area contributed by atoms with Crippen LogP contribution in [0, 0.1) is 23.7 Å². The van der Waals surface area contributed by atoms with E-state index in [1.54, 1.807) is 4.90 Å². The molecule has 0 heterocycles. The summed E-state index contributed by atoms with van der Waals surface area (Å²) in [5.41, 5.74) is 0.746. The summed E-state index contributed by atoms with van der Waals surface area (Å²) in [6.45, 7) is 13.2. The summed E-state index contributed by atoms with van der Waals surface area (Å²) >= 11 is 0. The van der Waals surface area contributed by atoms with Crippen LogP contribution in [0.4, 0.5) is 0 Å². The molecule has 3 atom stereocenters. The lowest BCUT2D eigenvalue weighted by Crippen LogP contribution is -2.36. The Morgan fingerprint density at radius 2 is 1.69 bits per heavy atom. The van der Waals surface area contributed by atoms with Crippen LogP contribution in [-0.4, -0.2) is 46.7 Å². The van der Waals surface area contributed by atoms with E-state index in [-0.39, 0.29) is 31.4 Å². The third kappa shape index (κ3) is 9.95. The number of carboxylic acid groups (broad SMARTS) is 1. The fraction of sp³-hybridized carbons (Fsp3) is 0.810. The minimum atomic E-state index is -0.963. The van der Waals surface area contributed by atoms with Crippen LogP contribution >= 0.6 is 0 Å². The number of allylic oxidation sites excluding steroid dienone is 1. The number of rotatable bonds is 13. The average Bonchev–Trinajstić information content (AvgIpc) is 2.50. The van der Waals surface area contributed by atoms with Gasteiger partial charge in [-0.3, -0.25) is 9.59 Å². The summed E-state index contributed by atoms with van der Waals surface area (Å²) in [6.07, 6.45) is 4.92. The molecule has 5 nitrogen and oxygen atoms in total. The van der Waals surface area contributed by atoms with Gasteiger partial charge in [0.1, 0.15) is 0 Å². The minimum absolute atomic E-state index is 0.0497. The van der Waals surface area contributed by atoms with E-state index in [2.05, 4.69) is 27.7 Å². The van der Waals surface area contributed by atoms with Crippen molar-refractivity contribution in [3.8, 4) is 0 Å². The molecule has 0 aliphatic rings. The maximum atomic E-state index is 12.5. The number of hydrogen-bond donors (Lipinski definition) is 2. The van der Waals surface area contributed by atoms with Crippen molar-refractivity contribution in [1.82, 2.24) is 4.90 Å². The van der Waals surface area contributed by atoms with E-state index in [4.69, 9.17) is 5.11 Å². The SMILES string of the molecule is CCCN(CCO)C(=O)CC(C(=O)O)/C(C)=C/C(C)CC(C)CC(C)C. The molecule has 0 aliphatic heterocycles. The predicted molar refractivity (Wildman–Crippen MR) is 106 cm³/mol. The van der Waals surface area contributed by atoms with Gasteiger partial charge in [0.15, 0.2) is 0 Å². The normalized spacial score (nSPS) is 15.6. The van der Waals surface area contributed by atoms with E-state index in [0.29, 0.717) is 18.4 Å². The number of nitrogens with zero attached hydrogens (tertiary/aromatic N) is 1. The van der Waals surface area contributed by atoms with Gasteiger partial charge < -0.3 is 15.1 Å². The second-order valence-corrected chi connectivity index (χ2v) is 8.06. The fourth-order valence-corrected chi connectivity index (χ4v) is 3.67. The molecular formula is C21H39NO4. The Bertz CT molecular complexity index is 453. The van der Waals surface area contributed by atoms with Gasteiger partial charge in [-0.05, 0) is 43.9 Å². The monoisotopic (exact) mass is 369 g/mol. The molecule has 2 N–H and O–H groups in total. The number of aliphatic carboxylic acids is 1. The summed E-state index contributed by atoms with van der Waals surface area (Å²) in [5.74, 6) is -0.448. The number of amides is 1. The fourth-order valence-electron chi connectivity index (χ4n) is 3.67. The number of carbonyl (C=O) groups is 2. The van der Waals surface area contributed by atoms with Gasteiger partial charge >= 0.3 is 5.97 Å². The van der Waals surface area contributed by atoms with E-state index in [9.17, 15) is 14.7 Å². The van der Waals surface area contributed by atoms with Crippen molar-refractivity contribution in [2.45, 2.75) is 67.2 Å². The van der Waals surface area contributed by atoms with Crippen molar-refractivity contribution in [3.63, 3.8) is 0 Å². The average molecular weight is 370 g/mol. The molecule has 0 rings (SSSR count). The molecule has 0 fully saturated rings. The maximum absolute atomic E-state index is 12.5. The summed E-state index contributed by atoms with van der Waals surface area (Å²) in [7, 11) is 0. The van der Waals surface area contributed by atoms with Crippen LogP contribution in [0.25, 0.3) is 0 Å². The molecule has 5 heteroatoms. The lowest BCUT2D eigenvalue weighted by atomic mass is 9.87. The molecule has 3 unspecified atom stereocenters. The van der Waals surface area contributed by atoms with Crippen LogP contribution in [0.2, 0.25) is 0 Å². The van der Waals surface area contributed by atoms with Crippen molar-refractivity contribution < 1.29 is 19.8 Å². The summed E-state index contributed by atoms with van der Waals surface area (Å²) in [6, 6.07) is 0. The molecule has 0 aromatic heterocycles. The van der Waals surface area contributed by atoms with E-state index in [1.807, 2.05) is 19.9 Å². The van der Waals surface area contributed by atoms with Crippen LogP contribution in [0.1, 0.15) is 67.2 Å². The van der Waals surface area contributed by atoms with Crippen molar-refractivity contribution in [2.75, 3.05) is 19.7 Å². The Morgan fingerprint density at radius 3 is 2.15 bits per heavy atom. The van der Waals surface area contributed by atoms with Gasteiger partial charge in [-0.25, -0.2) is 0 Å². The first-order chi connectivity index (χ1) is 12.1. The van der Waals surface area contributed by atoms with Crippen molar-refractivity contribution in [2.24, 2.45) is 23.7 Å². The van der Waals surface area contributed by atoms with Crippen molar-refractivity contribution in [3.05, 3.63) is 11.6 Å². The van der Waals surface area contributed by atoms with Gasteiger partial charge in [-0.2, -0.15) is 0 Å². The number of carbonyl (C=O) groups excluding carboxylic acids is 1. The molecule has 152 valence electrons. The second-order valence-electron chi connectivity index (χ2n) is 8.06. The highest BCUT2D eigenvalue weighted by Gasteiger charge is 2.26. The van der Waals surface area contributed by atoms with Crippen LogP contribution in [0.5, 0.6) is 0 Å². The molecule has 0 bridgehead atoms. The van der Waals surface area contributed by atoms with Gasteiger partial charge in [0.05, 0.1) is 12.5 Å². The van der Waals surface area contributed by atoms with Gasteiger partial charge in [-0.1, -0.05) is 46.3 Å². The molecule has 0 radical (unpaired) electrons. The Balaban J connectivity index is 5.00. The summed E-state index contributed by atoms with van der Waals surface area (Å²) in [4.78, 5) is 25.7. The molecule has 1 amide bonds. The zero-order chi connectivity index (χ0) is 20.3. The summed E-state index contributed by atoms with van der Waals surface area (Å²) < 4.78 is 0. The summed E-state index contributed by atoms with van der Waals surface area (Å²) in [5, 5.41) is 18.7. The molecule has 0 spiro atoms. The second kappa shape index (κ2) is 12.9. The standard InChI is InChI=1S/C21H39NO4/c1-7-8-22(9-10-23)20(24)14-19(21(25)26)18(6)13-17(5)12-16(4)11-15(2)3/h13,15-17,19,23H,7-12,14H2,1-6H3,(H,25,26)/b18-13+. The third-order valence-electron chi connectivity index (χ3n) is 4.64. The molecule has 0 saturated carbocycles.